The normalized spacial score (nSPS) is 25.8. The van der Waals surface area contributed by atoms with Crippen molar-refractivity contribution < 1.29 is 18.3 Å². The van der Waals surface area contributed by atoms with Crippen LogP contribution in [0.5, 0.6) is 5.75 Å². The lowest BCUT2D eigenvalue weighted by Gasteiger charge is -2.24. The maximum atomic E-state index is 12.0. The number of ether oxygens (including phenoxy) is 1. The summed E-state index contributed by atoms with van der Waals surface area (Å²) >= 11 is 6.48. The van der Waals surface area contributed by atoms with Crippen LogP contribution >= 0.6 is 19.9 Å². The molecule has 0 spiro atoms. The molecule has 138 valence electrons. The van der Waals surface area contributed by atoms with E-state index >= 15 is 0 Å². The number of benzene rings is 1. The van der Waals surface area contributed by atoms with Crippen LogP contribution in [0.25, 0.3) is 0 Å². The molecule has 4 atom stereocenters. The summed E-state index contributed by atoms with van der Waals surface area (Å²) in [5, 5.41) is 0. The number of H-pyrrole nitrogens is 1. The lowest BCUT2D eigenvalue weighted by atomic mass is 10.1. The SMILES string of the molecule is C[C@@]1(Cl)C[C@@H](CO[P+](=O)Oc2ccccc2)O[C@H]1n1ccc(=O)[nH]c1=O. The number of hydrogen-bond acceptors (Lipinski definition) is 6. The van der Waals surface area contributed by atoms with Crippen LogP contribution in [0.1, 0.15) is 19.6 Å². The molecular weight excluding hydrogens is 383 g/mol. The summed E-state index contributed by atoms with van der Waals surface area (Å²) in [7, 11) is -2.37. The second-order valence-corrected chi connectivity index (χ2v) is 7.79. The topological polar surface area (TPSA) is 99.6 Å². The second-order valence-electron chi connectivity index (χ2n) is 6.03. The molecule has 26 heavy (non-hydrogen) atoms. The van der Waals surface area contributed by atoms with Gasteiger partial charge in [-0.05, 0) is 25.5 Å². The quantitative estimate of drug-likeness (QED) is 0.592. The molecule has 1 aliphatic heterocycles. The third kappa shape index (κ3) is 4.40. The van der Waals surface area contributed by atoms with E-state index < -0.39 is 36.7 Å². The Balaban J connectivity index is 1.61. The van der Waals surface area contributed by atoms with E-state index in [0.717, 1.165) is 0 Å². The first kappa shape index (κ1) is 18.8. The van der Waals surface area contributed by atoms with E-state index in [-0.39, 0.29) is 6.61 Å². The second kappa shape index (κ2) is 7.72. The van der Waals surface area contributed by atoms with Gasteiger partial charge in [0.15, 0.2) is 12.0 Å². The molecule has 2 aromatic rings. The Morgan fingerprint density at radius 1 is 1.35 bits per heavy atom. The number of para-hydroxylation sites is 1. The fourth-order valence-corrected chi connectivity index (χ4v) is 3.68. The Bertz CT molecular complexity index is 897. The first-order valence-corrected chi connectivity index (χ1v) is 9.31. The van der Waals surface area contributed by atoms with Crippen molar-refractivity contribution in [2.45, 2.75) is 30.6 Å². The van der Waals surface area contributed by atoms with Gasteiger partial charge in [-0.15, -0.1) is 16.1 Å². The van der Waals surface area contributed by atoms with E-state index in [2.05, 4.69) is 4.98 Å². The van der Waals surface area contributed by atoms with Crippen LogP contribution in [0.15, 0.2) is 52.2 Å². The van der Waals surface area contributed by atoms with Gasteiger partial charge in [0.05, 0.1) is 11.0 Å². The average molecular weight is 400 g/mol. The predicted molar refractivity (Wildman–Crippen MR) is 94.7 cm³/mol. The minimum atomic E-state index is -2.37. The van der Waals surface area contributed by atoms with Crippen molar-refractivity contribution >= 4 is 19.9 Å². The highest BCUT2D eigenvalue weighted by molar-refractivity contribution is 7.33. The van der Waals surface area contributed by atoms with E-state index in [1.165, 1.54) is 16.8 Å². The van der Waals surface area contributed by atoms with Crippen molar-refractivity contribution in [3.8, 4) is 5.75 Å². The number of aromatic amines is 1. The molecule has 1 unspecified atom stereocenters. The molecule has 10 heteroatoms. The highest BCUT2D eigenvalue weighted by Crippen LogP contribution is 2.43. The zero-order valence-corrected chi connectivity index (χ0v) is 15.5. The van der Waals surface area contributed by atoms with Gasteiger partial charge in [0.2, 0.25) is 0 Å². The largest absolute Gasteiger partial charge is 0.750 e. The molecule has 1 fully saturated rings. The van der Waals surface area contributed by atoms with Crippen LogP contribution in [0, 0.1) is 0 Å². The van der Waals surface area contributed by atoms with E-state index in [1.54, 1.807) is 31.2 Å². The molecule has 0 aliphatic carbocycles. The van der Waals surface area contributed by atoms with Crippen molar-refractivity contribution in [3.05, 3.63) is 63.4 Å². The van der Waals surface area contributed by atoms with Crippen LogP contribution in [-0.2, 0) is 13.8 Å². The zero-order valence-electron chi connectivity index (χ0n) is 13.8. The van der Waals surface area contributed by atoms with E-state index in [9.17, 15) is 14.2 Å². The molecular formula is C16H17ClN2O6P+. The molecule has 2 heterocycles. The molecule has 1 aromatic heterocycles. The highest BCUT2D eigenvalue weighted by Gasteiger charge is 2.46. The number of nitrogens with zero attached hydrogens (tertiary/aromatic N) is 1. The minimum absolute atomic E-state index is 0.0149. The number of alkyl halides is 1. The van der Waals surface area contributed by atoms with E-state index in [4.69, 9.17) is 25.4 Å². The summed E-state index contributed by atoms with van der Waals surface area (Å²) in [5.41, 5.74) is -1.12. The fourth-order valence-electron chi connectivity index (χ4n) is 2.72. The number of halogens is 1. The minimum Gasteiger partial charge on any atom is -0.350 e. The molecule has 8 nitrogen and oxygen atoms in total. The molecule has 1 N–H and O–H groups in total. The number of hydrogen-bond donors (Lipinski definition) is 1. The standard InChI is InChI=1S/C16H16ClN2O6P/c1-16(17)9-12(10-23-26(22)25-11-5-3-2-4-6-11)24-14(16)19-8-7-13(20)18-15(19)21/h2-8,12,14H,9-10H2,1H3/p+1/t12-,14+,16+/m0/s1. The number of aromatic nitrogens is 2. The lowest BCUT2D eigenvalue weighted by molar-refractivity contribution is -0.0263. The molecule has 1 aliphatic rings. The average Bonchev–Trinajstić information content (AvgIpc) is 2.88. The summed E-state index contributed by atoms with van der Waals surface area (Å²) in [5.74, 6) is 0.431. The summed E-state index contributed by atoms with van der Waals surface area (Å²) in [6, 6.07) is 9.86. The van der Waals surface area contributed by atoms with E-state index in [0.29, 0.717) is 12.2 Å². The van der Waals surface area contributed by atoms with E-state index in [1.807, 2.05) is 6.07 Å². The van der Waals surface area contributed by atoms with Crippen molar-refractivity contribution in [2.75, 3.05) is 6.61 Å². The van der Waals surface area contributed by atoms with Crippen LogP contribution in [0.4, 0.5) is 0 Å². The van der Waals surface area contributed by atoms with Crippen LogP contribution < -0.4 is 15.8 Å². The summed E-state index contributed by atoms with van der Waals surface area (Å²) < 4.78 is 29.3. The Kier molecular flexibility index (Phi) is 5.58. The van der Waals surface area contributed by atoms with Gasteiger partial charge in [0, 0.05) is 16.8 Å². The summed E-state index contributed by atoms with van der Waals surface area (Å²) in [6.45, 7) is 1.70. The Morgan fingerprint density at radius 3 is 2.77 bits per heavy atom. The highest BCUT2D eigenvalue weighted by atomic mass is 35.5. The molecule has 3 rings (SSSR count). The van der Waals surface area contributed by atoms with Gasteiger partial charge in [-0.25, -0.2) is 9.32 Å². The van der Waals surface area contributed by atoms with Crippen LogP contribution in [-0.4, -0.2) is 27.1 Å². The maximum absolute atomic E-state index is 12.0. The zero-order chi connectivity index (χ0) is 18.7. The van der Waals surface area contributed by atoms with Crippen molar-refractivity contribution in [2.24, 2.45) is 0 Å². The van der Waals surface area contributed by atoms with Crippen molar-refractivity contribution in [1.29, 1.82) is 0 Å². The lowest BCUT2D eigenvalue weighted by Crippen LogP contribution is -2.37. The molecule has 1 saturated heterocycles. The van der Waals surface area contributed by atoms with Gasteiger partial charge in [0.25, 0.3) is 5.56 Å². The first-order valence-electron chi connectivity index (χ1n) is 7.84. The molecule has 0 amide bonds. The van der Waals surface area contributed by atoms with Gasteiger partial charge >= 0.3 is 13.9 Å². The molecule has 0 radical (unpaired) electrons. The Hall–Kier alpha value is -1.99. The van der Waals surface area contributed by atoms with Crippen molar-refractivity contribution in [1.82, 2.24) is 9.55 Å². The maximum Gasteiger partial charge on any atom is 0.750 e. The smallest absolute Gasteiger partial charge is 0.350 e. The Morgan fingerprint density at radius 2 is 2.08 bits per heavy atom. The third-order valence-electron chi connectivity index (χ3n) is 3.86. The van der Waals surface area contributed by atoms with Crippen LogP contribution in [0.2, 0.25) is 0 Å². The van der Waals surface area contributed by atoms with Crippen LogP contribution in [0.3, 0.4) is 0 Å². The monoisotopic (exact) mass is 399 g/mol. The summed E-state index contributed by atoms with van der Waals surface area (Å²) in [4.78, 5) is 24.4. The molecule has 0 bridgehead atoms. The third-order valence-corrected chi connectivity index (χ3v) is 4.92. The molecule has 1 aromatic carbocycles. The van der Waals surface area contributed by atoms with Gasteiger partial charge in [-0.3, -0.25) is 14.3 Å². The van der Waals surface area contributed by atoms with Gasteiger partial charge < -0.3 is 4.74 Å². The van der Waals surface area contributed by atoms with Gasteiger partial charge in [-0.1, -0.05) is 18.2 Å². The fraction of sp³-hybridized carbons (Fsp3) is 0.375. The number of rotatable bonds is 6. The van der Waals surface area contributed by atoms with Gasteiger partial charge in [0.1, 0.15) is 6.61 Å². The number of nitrogens with one attached hydrogen (secondary N) is 1. The molecule has 0 saturated carbocycles. The predicted octanol–water partition coefficient (Wildman–Crippen LogP) is 2.57. The first-order chi connectivity index (χ1) is 12.3. The summed E-state index contributed by atoms with van der Waals surface area (Å²) in [6.07, 6.45) is 0.406. The Labute approximate surface area is 154 Å². The van der Waals surface area contributed by atoms with Crippen molar-refractivity contribution in [3.63, 3.8) is 0 Å². The van der Waals surface area contributed by atoms with Gasteiger partial charge in [-0.2, -0.15) is 0 Å².